The molecule has 0 aromatic heterocycles. The maximum absolute atomic E-state index is 12.2. The van der Waals surface area contributed by atoms with E-state index >= 15 is 0 Å². The van der Waals surface area contributed by atoms with Crippen molar-refractivity contribution >= 4 is 17.8 Å². The number of carboxylic acid groups (broad SMARTS) is 2. The van der Waals surface area contributed by atoms with Gasteiger partial charge in [0.05, 0.1) is 12.6 Å². The van der Waals surface area contributed by atoms with Crippen molar-refractivity contribution in [3.8, 4) is 0 Å². The largest absolute Gasteiger partial charge is 0.473 e. The predicted molar refractivity (Wildman–Crippen MR) is 101 cm³/mol. The Hall–Kier alpha value is -2.45. The lowest BCUT2D eigenvalue weighted by atomic mass is 10.0. The van der Waals surface area contributed by atoms with E-state index in [9.17, 15) is 4.79 Å². The molecule has 3 N–H and O–H groups in total. The van der Waals surface area contributed by atoms with E-state index in [0.29, 0.717) is 12.6 Å². The first kappa shape index (κ1) is 22.6. The lowest BCUT2D eigenvalue weighted by molar-refractivity contribution is -0.159. The first-order valence-electron chi connectivity index (χ1n) is 8.90. The summed E-state index contributed by atoms with van der Waals surface area (Å²) in [6.45, 7) is 4.75. The average molecular weight is 379 g/mol. The van der Waals surface area contributed by atoms with Crippen LogP contribution in [0.5, 0.6) is 0 Å². The van der Waals surface area contributed by atoms with Gasteiger partial charge in [-0.2, -0.15) is 0 Å². The molecule has 1 aromatic carbocycles. The highest BCUT2D eigenvalue weighted by atomic mass is 16.4. The highest BCUT2D eigenvalue weighted by molar-refractivity contribution is 6.27. The molecule has 0 spiro atoms. The molecule has 27 heavy (non-hydrogen) atoms. The fraction of sp³-hybridized carbons (Fsp3) is 0.526. The second kappa shape index (κ2) is 11.3. The minimum Gasteiger partial charge on any atom is -0.473 e. The smallest absolute Gasteiger partial charge is 0.414 e. The first-order chi connectivity index (χ1) is 12.7. The van der Waals surface area contributed by atoms with Crippen molar-refractivity contribution in [2.45, 2.75) is 31.8 Å². The summed E-state index contributed by atoms with van der Waals surface area (Å²) in [5.74, 6) is -3.54. The van der Waals surface area contributed by atoms with Gasteiger partial charge in [0.2, 0.25) is 5.91 Å². The van der Waals surface area contributed by atoms with E-state index in [1.54, 1.807) is 0 Å². The van der Waals surface area contributed by atoms with Gasteiger partial charge in [0.25, 0.3) is 0 Å². The molecule has 1 heterocycles. The summed E-state index contributed by atoms with van der Waals surface area (Å²) in [5.41, 5.74) is 1.15. The summed E-state index contributed by atoms with van der Waals surface area (Å²) in [4.78, 5) is 34.9. The van der Waals surface area contributed by atoms with Crippen LogP contribution in [0.3, 0.4) is 0 Å². The molecule has 1 aromatic rings. The maximum atomic E-state index is 12.2. The summed E-state index contributed by atoms with van der Waals surface area (Å²) >= 11 is 0. The summed E-state index contributed by atoms with van der Waals surface area (Å²) in [7, 11) is 4.22. The normalized spacial score (nSPS) is 16.1. The number of nitrogens with zero attached hydrogens (tertiary/aromatic N) is 2. The van der Waals surface area contributed by atoms with Gasteiger partial charge in [0.15, 0.2) is 0 Å². The van der Waals surface area contributed by atoms with Crippen LogP contribution in [0.25, 0.3) is 0 Å². The molecule has 1 atom stereocenters. The Labute approximate surface area is 159 Å². The van der Waals surface area contributed by atoms with Gasteiger partial charge in [-0.25, -0.2) is 9.59 Å². The standard InChI is InChI=1S/C17H27N3O.C2H2O4/c1-14(15-7-5-4-6-8-15)18-17(21)13-20(3)16-9-11-19(2)12-10-16;3-1(4)2(5)6/h4-8,14,16H,9-13H2,1-3H3,(H,18,21);(H,3,4)(H,5,6). The summed E-state index contributed by atoms with van der Waals surface area (Å²) in [6.07, 6.45) is 2.29. The van der Waals surface area contributed by atoms with E-state index in [2.05, 4.69) is 29.2 Å². The monoisotopic (exact) mass is 379 g/mol. The van der Waals surface area contributed by atoms with Crippen LogP contribution in [0.4, 0.5) is 0 Å². The Kier molecular flexibility index (Phi) is 9.46. The van der Waals surface area contributed by atoms with E-state index < -0.39 is 11.9 Å². The minimum absolute atomic E-state index is 0.0598. The molecular formula is C19H29N3O5. The third kappa shape index (κ3) is 8.65. The van der Waals surface area contributed by atoms with Crippen LogP contribution in [0.2, 0.25) is 0 Å². The molecule has 0 radical (unpaired) electrons. The van der Waals surface area contributed by atoms with Crippen molar-refractivity contribution in [1.82, 2.24) is 15.1 Å². The van der Waals surface area contributed by atoms with Gasteiger partial charge in [-0.1, -0.05) is 30.3 Å². The Morgan fingerprint density at radius 2 is 1.67 bits per heavy atom. The number of carbonyl (C=O) groups excluding carboxylic acids is 1. The lowest BCUT2D eigenvalue weighted by Crippen LogP contribution is -2.46. The second-order valence-corrected chi connectivity index (χ2v) is 6.76. The number of rotatable bonds is 5. The molecule has 0 aliphatic carbocycles. The molecule has 150 valence electrons. The van der Waals surface area contributed by atoms with Gasteiger partial charge < -0.3 is 20.4 Å². The molecule has 2 rings (SSSR count). The molecule has 0 bridgehead atoms. The van der Waals surface area contributed by atoms with Crippen molar-refractivity contribution in [2.24, 2.45) is 0 Å². The van der Waals surface area contributed by atoms with Gasteiger partial charge in [-0.3, -0.25) is 9.69 Å². The zero-order chi connectivity index (χ0) is 20.4. The average Bonchev–Trinajstić information content (AvgIpc) is 2.63. The molecule has 0 saturated carbocycles. The number of likely N-dealkylation sites (N-methyl/N-ethyl adjacent to an activating group) is 1. The van der Waals surface area contributed by atoms with E-state index in [1.165, 1.54) is 0 Å². The van der Waals surface area contributed by atoms with E-state index in [1.807, 2.05) is 37.3 Å². The highest BCUT2D eigenvalue weighted by Crippen LogP contribution is 2.14. The number of nitrogens with one attached hydrogen (secondary N) is 1. The molecule has 1 amide bonds. The Bertz CT molecular complexity index is 603. The number of piperidine rings is 1. The number of aliphatic carboxylic acids is 2. The van der Waals surface area contributed by atoms with Gasteiger partial charge >= 0.3 is 11.9 Å². The molecule has 1 fully saturated rings. The molecule has 8 heteroatoms. The van der Waals surface area contributed by atoms with Crippen molar-refractivity contribution in [1.29, 1.82) is 0 Å². The number of carboxylic acids is 2. The Morgan fingerprint density at radius 3 is 2.15 bits per heavy atom. The topological polar surface area (TPSA) is 110 Å². The third-order valence-corrected chi connectivity index (χ3v) is 4.56. The number of hydrogen-bond acceptors (Lipinski definition) is 5. The summed E-state index contributed by atoms with van der Waals surface area (Å²) < 4.78 is 0. The summed E-state index contributed by atoms with van der Waals surface area (Å²) in [6, 6.07) is 10.7. The maximum Gasteiger partial charge on any atom is 0.414 e. The summed E-state index contributed by atoms with van der Waals surface area (Å²) in [5, 5.41) is 17.9. The molecule has 1 aliphatic heterocycles. The molecule has 1 saturated heterocycles. The Morgan fingerprint density at radius 1 is 1.15 bits per heavy atom. The van der Waals surface area contributed by atoms with Crippen molar-refractivity contribution in [2.75, 3.05) is 33.7 Å². The predicted octanol–water partition coefficient (Wildman–Crippen LogP) is 1.05. The quantitative estimate of drug-likeness (QED) is 0.656. The molecule has 1 aliphatic rings. The lowest BCUT2D eigenvalue weighted by Gasteiger charge is -2.34. The Balaban J connectivity index is 0.000000527. The molecular weight excluding hydrogens is 350 g/mol. The van der Waals surface area contributed by atoms with Crippen LogP contribution in [-0.4, -0.2) is 77.6 Å². The van der Waals surface area contributed by atoms with Gasteiger partial charge in [0.1, 0.15) is 0 Å². The van der Waals surface area contributed by atoms with E-state index in [0.717, 1.165) is 31.5 Å². The SMILES string of the molecule is CC(NC(=O)CN(C)C1CCN(C)CC1)c1ccccc1.O=C(O)C(=O)O. The first-order valence-corrected chi connectivity index (χ1v) is 8.90. The highest BCUT2D eigenvalue weighted by Gasteiger charge is 2.22. The van der Waals surface area contributed by atoms with Crippen LogP contribution in [-0.2, 0) is 14.4 Å². The van der Waals surface area contributed by atoms with Crippen molar-refractivity contribution in [3.63, 3.8) is 0 Å². The zero-order valence-electron chi connectivity index (χ0n) is 16.1. The van der Waals surface area contributed by atoms with Crippen LogP contribution < -0.4 is 5.32 Å². The van der Waals surface area contributed by atoms with Crippen LogP contribution in [0.15, 0.2) is 30.3 Å². The van der Waals surface area contributed by atoms with Crippen molar-refractivity contribution in [3.05, 3.63) is 35.9 Å². The van der Waals surface area contributed by atoms with Crippen molar-refractivity contribution < 1.29 is 24.6 Å². The number of hydrogen-bond donors (Lipinski definition) is 3. The van der Waals surface area contributed by atoms with Gasteiger partial charge in [0, 0.05) is 6.04 Å². The van der Waals surface area contributed by atoms with Crippen LogP contribution >= 0.6 is 0 Å². The second-order valence-electron chi connectivity index (χ2n) is 6.76. The number of benzene rings is 1. The van der Waals surface area contributed by atoms with Crippen LogP contribution in [0, 0.1) is 0 Å². The van der Waals surface area contributed by atoms with E-state index in [-0.39, 0.29) is 11.9 Å². The minimum atomic E-state index is -1.82. The third-order valence-electron chi connectivity index (χ3n) is 4.56. The molecule has 8 nitrogen and oxygen atoms in total. The number of likely N-dealkylation sites (tertiary alicyclic amines) is 1. The zero-order valence-corrected chi connectivity index (χ0v) is 16.1. The number of carbonyl (C=O) groups is 3. The van der Waals surface area contributed by atoms with Gasteiger partial charge in [-0.15, -0.1) is 0 Å². The van der Waals surface area contributed by atoms with Crippen LogP contribution in [0.1, 0.15) is 31.4 Å². The fourth-order valence-corrected chi connectivity index (χ4v) is 2.90. The number of amides is 1. The van der Waals surface area contributed by atoms with Gasteiger partial charge in [-0.05, 0) is 52.5 Å². The fourth-order valence-electron chi connectivity index (χ4n) is 2.90. The van der Waals surface area contributed by atoms with E-state index in [4.69, 9.17) is 19.8 Å². The molecule has 1 unspecified atom stereocenters.